The Morgan fingerprint density at radius 3 is 2.18 bits per heavy atom. The first-order valence-electron chi connectivity index (χ1n) is 12.1. The molecule has 3 rings (SSSR count). The van der Waals surface area contributed by atoms with Gasteiger partial charge < -0.3 is 15.0 Å². The predicted molar refractivity (Wildman–Crippen MR) is 149 cm³/mol. The van der Waals surface area contributed by atoms with E-state index in [1.165, 1.54) is 24.1 Å². The molecule has 0 aromatic heterocycles. The molecule has 0 bridgehead atoms. The number of rotatable bonds is 11. The summed E-state index contributed by atoms with van der Waals surface area (Å²) >= 11 is 6.41. The van der Waals surface area contributed by atoms with Crippen LogP contribution in [0.4, 0.5) is 5.69 Å². The minimum absolute atomic E-state index is 0.0240. The van der Waals surface area contributed by atoms with Crippen LogP contribution in [0.2, 0.25) is 5.02 Å². The summed E-state index contributed by atoms with van der Waals surface area (Å²) in [7, 11) is -1.12. The van der Waals surface area contributed by atoms with Crippen molar-refractivity contribution >= 4 is 39.1 Å². The lowest BCUT2D eigenvalue weighted by Gasteiger charge is -2.33. The summed E-state index contributed by atoms with van der Waals surface area (Å²) in [4.78, 5) is 28.1. The summed E-state index contributed by atoms with van der Waals surface area (Å²) in [6.07, 6.45) is 0.332. The van der Waals surface area contributed by atoms with Gasteiger partial charge >= 0.3 is 0 Å². The van der Waals surface area contributed by atoms with Gasteiger partial charge in [-0.05, 0) is 55.3 Å². The van der Waals surface area contributed by atoms with Crippen LogP contribution in [-0.4, -0.2) is 51.9 Å². The third kappa shape index (κ3) is 6.65. The molecule has 38 heavy (non-hydrogen) atoms. The van der Waals surface area contributed by atoms with Crippen molar-refractivity contribution < 1.29 is 22.7 Å². The Hall–Kier alpha value is -3.56. The lowest BCUT2D eigenvalue weighted by molar-refractivity contribution is -0.140. The molecule has 1 atom stereocenters. The Kier molecular flexibility index (Phi) is 9.77. The molecule has 0 aliphatic carbocycles. The largest absolute Gasteiger partial charge is 0.497 e. The zero-order valence-corrected chi connectivity index (χ0v) is 23.4. The van der Waals surface area contributed by atoms with E-state index in [0.29, 0.717) is 12.2 Å². The van der Waals surface area contributed by atoms with E-state index in [2.05, 4.69) is 5.32 Å². The van der Waals surface area contributed by atoms with E-state index in [0.717, 1.165) is 15.4 Å². The van der Waals surface area contributed by atoms with Crippen molar-refractivity contribution in [3.8, 4) is 5.75 Å². The second kappa shape index (κ2) is 12.8. The minimum Gasteiger partial charge on any atom is -0.497 e. The molecule has 0 radical (unpaired) electrons. The number of sulfonamides is 1. The van der Waals surface area contributed by atoms with Crippen LogP contribution in [-0.2, 0) is 26.2 Å². The average Bonchev–Trinajstić information content (AvgIpc) is 2.92. The molecule has 1 N–H and O–H groups in total. The Morgan fingerprint density at radius 2 is 1.63 bits per heavy atom. The van der Waals surface area contributed by atoms with E-state index in [9.17, 15) is 18.0 Å². The SMILES string of the molecule is CCC(C(=O)NC)N(Cc1ccc(OC)cc1)C(=O)CN(c1ccccc1Cl)S(=O)(=O)c1ccc(C)cc1. The number of ether oxygens (including phenoxy) is 1. The van der Waals surface area contributed by atoms with Crippen molar-refractivity contribution in [1.82, 2.24) is 10.2 Å². The first-order valence-corrected chi connectivity index (χ1v) is 13.9. The molecule has 0 spiro atoms. The summed E-state index contributed by atoms with van der Waals surface area (Å²) < 4.78 is 33.8. The van der Waals surface area contributed by atoms with Gasteiger partial charge in [0.05, 0.1) is 22.7 Å². The van der Waals surface area contributed by atoms with Crippen LogP contribution in [0.5, 0.6) is 5.75 Å². The average molecular weight is 558 g/mol. The molecule has 1 unspecified atom stereocenters. The number of aryl methyl sites for hydroxylation is 1. The summed E-state index contributed by atoms with van der Waals surface area (Å²) in [5, 5.41) is 2.78. The molecular formula is C28H32ClN3O5S. The highest BCUT2D eigenvalue weighted by molar-refractivity contribution is 7.92. The number of anilines is 1. The number of halogens is 1. The topological polar surface area (TPSA) is 96.0 Å². The molecule has 0 aliphatic rings. The third-order valence-corrected chi connectivity index (χ3v) is 8.25. The van der Waals surface area contributed by atoms with Crippen molar-refractivity contribution in [3.63, 3.8) is 0 Å². The van der Waals surface area contributed by atoms with Crippen LogP contribution in [0, 0.1) is 6.92 Å². The van der Waals surface area contributed by atoms with Crippen LogP contribution in [0.3, 0.4) is 0 Å². The molecule has 8 nitrogen and oxygen atoms in total. The number of hydrogen-bond acceptors (Lipinski definition) is 5. The lowest BCUT2D eigenvalue weighted by Crippen LogP contribution is -2.51. The number of nitrogens with zero attached hydrogens (tertiary/aromatic N) is 2. The maximum atomic E-state index is 13.9. The highest BCUT2D eigenvalue weighted by Gasteiger charge is 2.34. The third-order valence-electron chi connectivity index (χ3n) is 6.15. The number of para-hydroxylation sites is 1. The normalized spacial score (nSPS) is 11.9. The minimum atomic E-state index is -4.18. The van der Waals surface area contributed by atoms with Gasteiger partial charge in [0.25, 0.3) is 10.0 Å². The van der Waals surface area contributed by atoms with E-state index >= 15 is 0 Å². The maximum absolute atomic E-state index is 13.9. The van der Waals surface area contributed by atoms with Crippen molar-refractivity contribution in [2.24, 2.45) is 0 Å². The number of amides is 2. The smallest absolute Gasteiger partial charge is 0.264 e. The van der Waals surface area contributed by atoms with Gasteiger partial charge in [-0.2, -0.15) is 0 Å². The van der Waals surface area contributed by atoms with Gasteiger partial charge in [-0.1, -0.05) is 60.5 Å². The van der Waals surface area contributed by atoms with Crippen molar-refractivity contribution in [3.05, 3.63) is 88.9 Å². The molecule has 0 heterocycles. The van der Waals surface area contributed by atoms with Crippen molar-refractivity contribution in [1.29, 1.82) is 0 Å². The van der Waals surface area contributed by atoms with Gasteiger partial charge in [0.2, 0.25) is 11.8 Å². The van der Waals surface area contributed by atoms with Crippen molar-refractivity contribution in [2.45, 2.75) is 37.8 Å². The van der Waals surface area contributed by atoms with Crippen LogP contribution in [0.1, 0.15) is 24.5 Å². The van der Waals surface area contributed by atoms with Gasteiger partial charge in [-0.3, -0.25) is 13.9 Å². The molecule has 10 heteroatoms. The number of likely N-dealkylation sites (N-methyl/N-ethyl adjacent to an activating group) is 1. The molecule has 3 aromatic rings. The van der Waals surface area contributed by atoms with E-state index in [4.69, 9.17) is 16.3 Å². The van der Waals surface area contributed by atoms with Gasteiger partial charge in [-0.25, -0.2) is 8.42 Å². The summed E-state index contributed by atoms with van der Waals surface area (Å²) in [6.45, 7) is 3.19. The number of benzene rings is 3. The zero-order chi connectivity index (χ0) is 27.9. The van der Waals surface area contributed by atoms with Crippen molar-refractivity contribution in [2.75, 3.05) is 25.0 Å². The molecule has 0 saturated carbocycles. The fourth-order valence-electron chi connectivity index (χ4n) is 4.02. The highest BCUT2D eigenvalue weighted by Crippen LogP contribution is 2.31. The van der Waals surface area contributed by atoms with Crippen LogP contribution < -0.4 is 14.4 Å². The molecule has 202 valence electrons. The molecular weight excluding hydrogens is 526 g/mol. The fourth-order valence-corrected chi connectivity index (χ4v) is 5.74. The number of methoxy groups -OCH3 is 1. The first kappa shape index (κ1) is 29.0. The molecule has 0 saturated heterocycles. The molecule has 3 aromatic carbocycles. The van der Waals surface area contributed by atoms with Crippen LogP contribution in [0.25, 0.3) is 0 Å². The highest BCUT2D eigenvalue weighted by atomic mass is 35.5. The van der Waals surface area contributed by atoms with E-state index in [1.807, 2.05) is 6.92 Å². The predicted octanol–water partition coefficient (Wildman–Crippen LogP) is 4.41. The van der Waals surface area contributed by atoms with Gasteiger partial charge in [0.15, 0.2) is 0 Å². The fraction of sp³-hybridized carbons (Fsp3) is 0.286. The lowest BCUT2D eigenvalue weighted by atomic mass is 10.1. The molecule has 2 amide bonds. The monoisotopic (exact) mass is 557 g/mol. The van der Waals surface area contributed by atoms with Gasteiger partial charge in [0, 0.05) is 13.6 Å². The van der Waals surface area contributed by atoms with Gasteiger partial charge in [0.1, 0.15) is 18.3 Å². The summed E-state index contributed by atoms with van der Waals surface area (Å²) in [5.41, 5.74) is 1.82. The summed E-state index contributed by atoms with van der Waals surface area (Å²) in [5.74, 6) is -0.244. The number of carbonyl (C=O) groups excluding carboxylic acids is 2. The maximum Gasteiger partial charge on any atom is 0.264 e. The van der Waals surface area contributed by atoms with Gasteiger partial charge in [-0.15, -0.1) is 0 Å². The standard InChI is InChI=1S/C28H32ClN3O5S/c1-5-25(28(34)30-3)31(18-21-12-14-22(37-4)15-13-21)27(33)19-32(26-9-7-6-8-24(26)29)38(35,36)23-16-10-20(2)11-17-23/h6-17,25H,5,18-19H2,1-4H3,(H,30,34). The Labute approximate surface area is 229 Å². The second-order valence-electron chi connectivity index (χ2n) is 8.68. The second-order valence-corrected chi connectivity index (χ2v) is 11.0. The van der Waals surface area contributed by atoms with Crippen LogP contribution in [0.15, 0.2) is 77.7 Å². The number of hydrogen-bond donors (Lipinski definition) is 1. The Bertz CT molecular complexity index is 1360. The number of nitrogens with one attached hydrogen (secondary N) is 1. The first-order chi connectivity index (χ1) is 18.1. The summed E-state index contributed by atoms with van der Waals surface area (Å²) in [6, 6.07) is 19.1. The molecule has 0 aliphatic heterocycles. The Balaban J connectivity index is 2.06. The molecule has 0 fully saturated rings. The zero-order valence-electron chi connectivity index (χ0n) is 21.8. The van der Waals surface area contributed by atoms with E-state index in [-0.39, 0.29) is 28.1 Å². The number of carbonyl (C=O) groups is 2. The quantitative estimate of drug-likeness (QED) is 0.377. The van der Waals surface area contributed by atoms with E-state index < -0.39 is 28.5 Å². The Morgan fingerprint density at radius 1 is 1.00 bits per heavy atom. The van der Waals surface area contributed by atoms with Crippen LogP contribution >= 0.6 is 11.6 Å². The van der Waals surface area contributed by atoms with E-state index in [1.54, 1.807) is 74.7 Å².